The number of benzene rings is 1. The van der Waals surface area contributed by atoms with Crippen LogP contribution in [-0.2, 0) is 0 Å². The van der Waals surface area contributed by atoms with Crippen LogP contribution in [-0.4, -0.2) is 11.7 Å². The molecule has 0 radical (unpaired) electrons. The predicted molar refractivity (Wildman–Crippen MR) is 53.2 cm³/mol. The largest absolute Gasteiger partial charge is 0.394 e. The van der Waals surface area contributed by atoms with Gasteiger partial charge in [-0.1, -0.05) is 27.5 Å². The molecule has 3 N–H and O–H groups in total. The Balaban J connectivity index is 3.04. The molecule has 1 rings (SSSR count). The first-order chi connectivity index (χ1) is 5.65. The standard InChI is InChI=1S/C8H9BrClNO/c9-7-2-1-5(10)3-6(7)8(11)4-12/h1-3,8,12H,4,11H2/t8-/m0/s1. The lowest BCUT2D eigenvalue weighted by Crippen LogP contribution is -2.14. The lowest BCUT2D eigenvalue weighted by atomic mass is 10.1. The molecule has 0 heterocycles. The van der Waals surface area contributed by atoms with E-state index in [-0.39, 0.29) is 12.6 Å². The van der Waals surface area contributed by atoms with E-state index >= 15 is 0 Å². The van der Waals surface area contributed by atoms with Crippen molar-refractivity contribution in [3.63, 3.8) is 0 Å². The van der Waals surface area contributed by atoms with Crippen LogP contribution in [0.3, 0.4) is 0 Å². The summed E-state index contributed by atoms with van der Waals surface area (Å²) in [5.74, 6) is 0. The zero-order chi connectivity index (χ0) is 9.14. The van der Waals surface area contributed by atoms with E-state index in [1.54, 1.807) is 12.1 Å². The highest BCUT2D eigenvalue weighted by molar-refractivity contribution is 9.10. The summed E-state index contributed by atoms with van der Waals surface area (Å²) in [4.78, 5) is 0. The third-order valence-corrected chi connectivity index (χ3v) is 2.51. The van der Waals surface area contributed by atoms with E-state index in [1.807, 2.05) is 6.07 Å². The highest BCUT2D eigenvalue weighted by Gasteiger charge is 2.08. The van der Waals surface area contributed by atoms with E-state index in [2.05, 4.69) is 15.9 Å². The molecule has 4 heteroatoms. The smallest absolute Gasteiger partial charge is 0.0624 e. The third kappa shape index (κ3) is 2.20. The first-order valence-corrected chi connectivity index (χ1v) is 4.63. The van der Waals surface area contributed by atoms with Crippen molar-refractivity contribution < 1.29 is 5.11 Å². The van der Waals surface area contributed by atoms with E-state index in [9.17, 15) is 0 Å². The number of hydrogen-bond donors (Lipinski definition) is 2. The number of nitrogens with two attached hydrogens (primary N) is 1. The molecule has 12 heavy (non-hydrogen) atoms. The molecular weight excluding hydrogens is 241 g/mol. The highest BCUT2D eigenvalue weighted by Crippen LogP contribution is 2.25. The summed E-state index contributed by atoms with van der Waals surface area (Å²) in [5, 5.41) is 9.44. The molecular formula is C8H9BrClNO. The van der Waals surface area contributed by atoms with E-state index in [4.69, 9.17) is 22.4 Å². The average molecular weight is 251 g/mol. The van der Waals surface area contributed by atoms with Crippen molar-refractivity contribution in [1.29, 1.82) is 0 Å². The second-order valence-electron chi connectivity index (χ2n) is 2.45. The first-order valence-electron chi connectivity index (χ1n) is 3.46. The van der Waals surface area contributed by atoms with Gasteiger partial charge in [0, 0.05) is 9.50 Å². The Morgan fingerprint density at radius 3 is 2.83 bits per heavy atom. The van der Waals surface area contributed by atoms with Gasteiger partial charge < -0.3 is 10.8 Å². The van der Waals surface area contributed by atoms with E-state index in [1.165, 1.54) is 0 Å². The van der Waals surface area contributed by atoms with Gasteiger partial charge in [0.05, 0.1) is 12.6 Å². The molecule has 1 aromatic rings. The Bertz CT molecular complexity index is 280. The zero-order valence-electron chi connectivity index (χ0n) is 6.30. The van der Waals surface area contributed by atoms with Gasteiger partial charge in [0.25, 0.3) is 0 Å². The molecule has 2 nitrogen and oxygen atoms in total. The molecule has 0 saturated heterocycles. The van der Waals surface area contributed by atoms with Crippen LogP contribution in [0, 0.1) is 0 Å². The summed E-state index contributed by atoms with van der Waals surface area (Å²) in [6.45, 7) is -0.0844. The first kappa shape index (κ1) is 9.99. The normalized spacial score (nSPS) is 13.0. The van der Waals surface area contributed by atoms with Gasteiger partial charge in [-0.25, -0.2) is 0 Å². The van der Waals surface area contributed by atoms with E-state index in [0.717, 1.165) is 10.0 Å². The van der Waals surface area contributed by atoms with Gasteiger partial charge in [-0.15, -0.1) is 0 Å². The fourth-order valence-electron chi connectivity index (χ4n) is 0.897. The van der Waals surface area contributed by atoms with Gasteiger partial charge in [0.2, 0.25) is 0 Å². The minimum Gasteiger partial charge on any atom is -0.394 e. The maximum Gasteiger partial charge on any atom is 0.0624 e. The maximum absolute atomic E-state index is 8.81. The Morgan fingerprint density at radius 2 is 2.25 bits per heavy atom. The fourth-order valence-corrected chi connectivity index (χ4v) is 1.62. The van der Waals surface area contributed by atoms with Gasteiger partial charge in [-0.05, 0) is 23.8 Å². The maximum atomic E-state index is 8.81. The summed E-state index contributed by atoms with van der Waals surface area (Å²) in [7, 11) is 0. The molecule has 0 aliphatic carbocycles. The van der Waals surface area contributed by atoms with Gasteiger partial charge in [0.15, 0.2) is 0 Å². The van der Waals surface area contributed by atoms with Crippen molar-refractivity contribution in [3.05, 3.63) is 33.3 Å². The fraction of sp³-hybridized carbons (Fsp3) is 0.250. The van der Waals surface area contributed by atoms with Crippen LogP contribution in [0.25, 0.3) is 0 Å². The Morgan fingerprint density at radius 1 is 1.58 bits per heavy atom. The summed E-state index contributed by atoms with van der Waals surface area (Å²) >= 11 is 9.08. The molecule has 66 valence electrons. The van der Waals surface area contributed by atoms with Crippen LogP contribution in [0.5, 0.6) is 0 Å². The van der Waals surface area contributed by atoms with Crippen molar-refractivity contribution in [1.82, 2.24) is 0 Å². The Hall–Kier alpha value is -0.0900. The van der Waals surface area contributed by atoms with E-state index in [0.29, 0.717) is 5.02 Å². The van der Waals surface area contributed by atoms with Crippen LogP contribution < -0.4 is 5.73 Å². The minimum atomic E-state index is -0.377. The van der Waals surface area contributed by atoms with Crippen LogP contribution in [0.2, 0.25) is 5.02 Å². The van der Waals surface area contributed by atoms with Crippen LogP contribution in [0.1, 0.15) is 11.6 Å². The molecule has 0 spiro atoms. The molecule has 1 aromatic carbocycles. The molecule has 0 amide bonds. The Kier molecular flexibility index (Phi) is 3.53. The lowest BCUT2D eigenvalue weighted by Gasteiger charge is -2.10. The van der Waals surface area contributed by atoms with Gasteiger partial charge in [-0.2, -0.15) is 0 Å². The van der Waals surface area contributed by atoms with Gasteiger partial charge >= 0.3 is 0 Å². The quantitative estimate of drug-likeness (QED) is 0.844. The summed E-state index contributed by atoms with van der Waals surface area (Å²) in [6.07, 6.45) is 0. The zero-order valence-corrected chi connectivity index (χ0v) is 8.64. The van der Waals surface area contributed by atoms with Crippen LogP contribution in [0.15, 0.2) is 22.7 Å². The molecule has 0 saturated carbocycles. The van der Waals surface area contributed by atoms with Crippen molar-refractivity contribution >= 4 is 27.5 Å². The average Bonchev–Trinajstić information content (AvgIpc) is 2.08. The summed E-state index contributed by atoms with van der Waals surface area (Å²) in [6, 6.07) is 4.94. The number of hydrogen-bond acceptors (Lipinski definition) is 2. The van der Waals surface area contributed by atoms with Crippen LogP contribution in [0.4, 0.5) is 0 Å². The molecule has 0 fully saturated rings. The third-order valence-electron chi connectivity index (χ3n) is 1.55. The highest BCUT2D eigenvalue weighted by atomic mass is 79.9. The second kappa shape index (κ2) is 4.23. The number of rotatable bonds is 2. The van der Waals surface area contributed by atoms with Crippen molar-refractivity contribution in [2.24, 2.45) is 5.73 Å². The number of halogens is 2. The van der Waals surface area contributed by atoms with Gasteiger partial charge in [-0.3, -0.25) is 0 Å². The summed E-state index contributed by atoms with van der Waals surface area (Å²) in [5.41, 5.74) is 6.45. The topological polar surface area (TPSA) is 46.2 Å². The predicted octanol–water partition coefficient (Wildman–Crippen LogP) is 2.09. The molecule has 0 aliphatic heterocycles. The number of aliphatic hydroxyl groups is 1. The molecule has 0 bridgehead atoms. The van der Waals surface area contributed by atoms with E-state index < -0.39 is 0 Å². The minimum absolute atomic E-state index is 0.0844. The SMILES string of the molecule is N[C@@H](CO)c1cc(Cl)ccc1Br. The lowest BCUT2D eigenvalue weighted by molar-refractivity contribution is 0.267. The molecule has 0 unspecified atom stereocenters. The second-order valence-corrected chi connectivity index (χ2v) is 3.75. The van der Waals surface area contributed by atoms with Gasteiger partial charge in [0.1, 0.15) is 0 Å². The van der Waals surface area contributed by atoms with Crippen molar-refractivity contribution in [2.45, 2.75) is 6.04 Å². The summed E-state index contributed by atoms with van der Waals surface area (Å²) < 4.78 is 0.869. The number of aliphatic hydroxyl groups excluding tert-OH is 1. The molecule has 0 aliphatic rings. The van der Waals surface area contributed by atoms with Crippen LogP contribution >= 0.6 is 27.5 Å². The Labute approximate surface area is 84.5 Å². The molecule has 1 atom stereocenters. The monoisotopic (exact) mass is 249 g/mol. The molecule has 0 aromatic heterocycles. The van der Waals surface area contributed by atoms with Crippen molar-refractivity contribution in [2.75, 3.05) is 6.61 Å². The van der Waals surface area contributed by atoms with Crippen molar-refractivity contribution in [3.8, 4) is 0 Å².